The van der Waals surface area contributed by atoms with Gasteiger partial charge in [-0.2, -0.15) is 0 Å². The highest BCUT2D eigenvalue weighted by Crippen LogP contribution is 2.37. The fourth-order valence-corrected chi connectivity index (χ4v) is 3.32. The summed E-state index contributed by atoms with van der Waals surface area (Å²) in [6.07, 6.45) is 5.54. The van der Waals surface area contributed by atoms with Crippen molar-refractivity contribution in [3.05, 3.63) is 23.3 Å². The second kappa shape index (κ2) is 6.98. The minimum Gasteiger partial charge on any atom is -0.504 e. The van der Waals surface area contributed by atoms with Crippen LogP contribution in [0.15, 0.2) is 12.1 Å². The maximum atomic E-state index is 10.2. The smallest absolute Gasteiger partial charge is 0.161 e. The van der Waals surface area contributed by atoms with Gasteiger partial charge in [-0.15, -0.1) is 0 Å². The van der Waals surface area contributed by atoms with Gasteiger partial charge < -0.3 is 14.7 Å². The summed E-state index contributed by atoms with van der Waals surface area (Å²) in [6, 6.07) is 4.63. The van der Waals surface area contributed by atoms with Crippen LogP contribution in [0.1, 0.15) is 44.2 Å². The van der Waals surface area contributed by atoms with Gasteiger partial charge in [-0.1, -0.05) is 19.9 Å². The zero-order valence-corrected chi connectivity index (χ0v) is 13.0. The van der Waals surface area contributed by atoms with Gasteiger partial charge in [0.15, 0.2) is 11.5 Å². The molecule has 0 saturated carbocycles. The van der Waals surface area contributed by atoms with E-state index in [9.17, 15) is 5.11 Å². The summed E-state index contributed by atoms with van der Waals surface area (Å²) < 4.78 is 5.20. The Labute approximate surface area is 122 Å². The van der Waals surface area contributed by atoms with E-state index in [1.165, 1.54) is 31.5 Å². The third-order valence-electron chi connectivity index (χ3n) is 4.28. The Morgan fingerprint density at radius 2 is 1.95 bits per heavy atom. The van der Waals surface area contributed by atoms with Crippen LogP contribution < -0.4 is 4.74 Å². The molecular weight excluding hydrogens is 250 g/mol. The summed E-state index contributed by atoms with van der Waals surface area (Å²) in [6.45, 7) is 6.85. The summed E-state index contributed by atoms with van der Waals surface area (Å²) in [4.78, 5) is 2.62. The molecule has 2 rings (SSSR count). The van der Waals surface area contributed by atoms with Crippen molar-refractivity contribution in [2.24, 2.45) is 0 Å². The molecule has 0 fully saturated rings. The van der Waals surface area contributed by atoms with Gasteiger partial charge >= 0.3 is 0 Å². The van der Waals surface area contributed by atoms with Gasteiger partial charge in [0.05, 0.1) is 7.11 Å². The quantitative estimate of drug-likeness (QED) is 0.865. The van der Waals surface area contributed by atoms with Crippen LogP contribution in [-0.2, 0) is 12.8 Å². The van der Waals surface area contributed by atoms with E-state index < -0.39 is 0 Å². The van der Waals surface area contributed by atoms with Crippen molar-refractivity contribution in [2.75, 3.05) is 20.2 Å². The molecule has 0 radical (unpaired) electrons. The number of phenolic OH excluding ortho intramolecular Hbond substituents is 1. The van der Waals surface area contributed by atoms with Crippen LogP contribution in [0.2, 0.25) is 0 Å². The van der Waals surface area contributed by atoms with Crippen molar-refractivity contribution in [3.63, 3.8) is 0 Å². The second-order valence-electron chi connectivity index (χ2n) is 5.69. The van der Waals surface area contributed by atoms with Crippen molar-refractivity contribution >= 4 is 0 Å². The molecule has 3 heteroatoms. The van der Waals surface area contributed by atoms with E-state index in [4.69, 9.17) is 4.74 Å². The molecule has 0 heterocycles. The summed E-state index contributed by atoms with van der Waals surface area (Å²) in [7, 11) is 1.61. The van der Waals surface area contributed by atoms with Gasteiger partial charge in [-0.25, -0.2) is 0 Å². The third kappa shape index (κ3) is 3.09. The van der Waals surface area contributed by atoms with E-state index in [1.54, 1.807) is 7.11 Å². The number of rotatable bonds is 6. The fourth-order valence-electron chi connectivity index (χ4n) is 3.32. The molecule has 1 atom stereocenters. The highest BCUT2D eigenvalue weighted by atomic mass is 16.5. The molecule has 1 aliphatic carbocycles. The largest absolute Gasteiger partial charge is 0.504 e. The van der Waals surface area contributed by atoms with Crippen molar-refractivity contribution in [3.8, 4) is 11.5 Å². The van der Waals surface area contributed by atoms with Gasteiger partial charge in [0.2, 0.25) is 0 Å². The Morgan fingerprint density at radius 3 is 2.55 bits per heavy atom. The number of fused-ring (bicyclic) bond motifs is 1. The Balaban J connectivity index is 2.16. The van der Waals surface area contributed by atoms with Crippen LogP contribution in [0.5, 0.6) is 11.5 Å². The first-order valence-corrected chi connectivity index (χ1v) is 7.83. The average molecular weight is 277 g/mol. The van der Waals surface area contributed by atoms with Gasteiger partial charge in [-0.05, 0) is 56.8 Å². The zero-order valence-electron chi connectivity index (χ0n) is 13.0. The molecule has 0 aromatic heterocycles. The number of ether oxygens (including phenoxy) is 1. The third-order valence-corrected chi connectivity index (χ3v) is 4.28. The van der Waals surface area contributed by atoms with Crippen LogP contribution in [0, 0.1) is 0 Å². The summed E-state index contributed by atoms with van der Waals surface area (Å²) >= 11 is 0. The second-order valence-corrected chi connectivity index (χ2v) is 5.69. The maximum Gasteiger partial charge on any atom is 0.161 e. The Morgan fingerprint density at radius 1 is 1.25 bits per heavy atom. The minimum atomic E-state index is 0.348. The Bertz CT molecular complexity index is 439. The number of hydrogen-bond donors (Lipinski definition) is 1. The van der Waals surface area contributed by atoms with E-state index in [1.807, 2.05) is 6.07 Å². The first kappa shape index (κ1) is 15.2. The number of hydrogen-bond acceptors (Lipinski definition) is 3. The lowest BCUT2D eigenvalue weighted by atomic mass is 9.86. The van der Waals surface area contributed by atoms with Crippen molar-refractivity contribution in [2.45, 2.75) is 52.0 Å². The van der Waals surface area contributed by atoms with Gasteiger partial charge in [0.1, 0.15) is 0 Å². The highest BCUT2D eigenvalue weighted by Gasteiger charge is 2.26. The molecule has 1 aromatic carbocycles. The van der Waals surface area contributed by atoms with Crippen LogP contribution >= 0.6 is 0 Å². The molecule has 20 heavy (non-hydrogen) atoms. The van der Waals surface area contributed by atoms with Crippen LogP contribution in [0.25, 0.3) is 0 Å². The first-order chi connectivity index (χ1) is 9.71. The first-order valence-electron chi connectivity index (χ1n) is 7.83. The molecule has 0 saturated heterocycles. The molecule has 1 aromatic rings. The lowest BCUT2D eigenvalue weighted by Gasteiger charge is -2.35. The molecular formula is C17H27NO2. The van der Waals surface area contributed by atoms with Crippen molar-refractivity contribution in [1.82, 2.24) is 4.90 Å². The lowest BCUT2D eigenvalue weighted by molar-refractivity contribution is 0.179. The van der Waals surface area contributed by atoms with Crippen molar-refractivity contribution in [1.29, 1.82) is 0 Å². The molecule has 0 aliphatic heterocycles. The Hall–Kier alpha value is -1.22. The van der Waals surface area contributed by atoms with Crippen LogP contribution in [0.3, 0.4) is 0 Å². The maximum absolute atomic E-state index is 10.2. The molecule has 1 N–H and O–H groups in total. The molecule has 0 amide bonds. The standard InChI is InChI=1S/C17H27NO2/c1-4-10-18(11-5-2)14-7-8-15-13(12-14)6-9-16(20-3)17(15)19/h6,9,14,19H,4-5,7-8,10-12H2,1-3H3/t14-/m1/s1. The van der Waals surface area contributed by atoms with E-state index in [0.29, 0.717) is 17.5 Å². The van der Waals surface area contributed by atoms with E-state index in [2.05, 4.69) is 24.8 Å². The highest BCUT2D eigenvalue weighted by molar-refractivity contribution is 5.51. The molecule has 0 spiro atoms. The van der Waals surface area contributed by atoms with Crippen LogP contribution in [0.4, 0.5) is 0 Å². The Kier molecular flexibility index (Phi) is 5.30. The average Bonchev–Trinajstić information content (AvgIpc) is 2.47. The monoisotopic (exact) mass is 277 g/mol. The zero-order chi connectivity index (χ0) is 14.5. The fraction of sp³-hybridized carbons (Fsp3) is 0.647. The molecule has 0 bridgehead atoms. The number of phenols is 1. The van der Waals surface area contributed by atoms with Gasteiger partial charge in [-0.3, -0.25) is 0 Å². The molecule has 1 aliphatic rings. The lowest BCUT2D eigenvalue weighted by Crippen LogP contribution is -2.40. The SMILES string of the molecule is CCCN(CCC)[C@@H]1CCc2c(ccc(OC)c2O)C1. The van der Waals surface area contributed by atoms with Gasteiger partial charge in [0.25, 0.3) is 0 Å². The normalized spacial score (nSPS) is 18.1. The van der Waals surface area contributed by atoms with Gasteiger partial charge in [0, 0.05) is 11.6 Å². The van der Waals surface area contributed by atoms with Crippen LogP contribution in [-0.4, -0.2) is 36.2 Å². The van der Waals surface area contributed by atoms with E-state index >= 15 is 0 Å². The van der Waals surface area contributed by atoms with E-state index in [-0.39, 0.29) is 0 Å². The number of benzene rings is 1. The summed E-state index contributed by atoms with van der Waals surface area (Å²) in [5.74, 6) is 0.946. The number of methoxy groups -OCH3 is 1. The topological polar surface area (TPSA) is 32.7 Å². The predicted molar refractivity (Wildman–Crippen MR) is 82.6 cm³/mol. The molecule has 0 unspecified atom stereocenters. The number of nitrogens with zero attached hydrogens (tertiary/aromatic N) is 1. The molecule has 3 nitrogen and oxygen atoms in total. The van der Waals surface area contributed by atoms with E-state index in [0.717, 1.165) is 24.8 Å². The molecule has 112 valence electrons. The minimum absolute atomic E-state index is 0.348. The number of aromatic hydroxyl groups is 1. The van der Waals surface area contributed by atoms with Crippen molar-refractivity contribution < 1.29 is 9.84 Å². The predicted octanol–water partition coefficient (Wildman–Crippen LogP) is 3.38. The summed E-state index contributed by atoms with van der Waals surface area (Å²) in [5.41, 5.74) is 2.38. The summed E-state index contributed by atoms with van der Waals surface area (Å²) in [5, 5.41) is 10.2.